The van der Waals surface area contributed by atoms with Gasteiger partial charge < -0.3 is 29.0 Å². The molecule has 0 spiro atoms. The third kappa shape index (κ3) is 7.94. The molecule has 220 valence electrons. The van der Waals surface area contributed by atoms with E-state index < -0.39 is 30.0 Å². The van der Waals surface area contributed by atoms with Crippen LogP contribution in [0.25, 0.3) is 0 Å². The van der Waals surface area contributed by atoms with Gasteiger partial charge in [-0.2, -0.15) is 0 Å². The molecule has 0 radical (unpaired) electrons. The number of hydrogen-bond donors (Lipinski definition) is 1. The zero-order valence-corrected chi connectivity index (χ0v) is 23.6. The number of pyridine rings is 1. The summed E-state index contributed by atoms with van der Waals surface area (Å²) in [4.78, 5) is 43.2. The molecule has 40 heavy (non-hydrogen) atoms. The van der Waals surface area contributed by atoms with E-state index in [1.54, 1.807) is 0 Å². The van der Waals surface area contributed by atoms with Crippen LogP contribution in [-0.4, -0.2) is 68.0 Å². The molecule has 1 aromatic heterocycles. The van der Waals surface area contributed by atoms with Crippen LogP contribution in [-0.2, 0) is 23.8 Å². The molecule has 4 fully saturated rings. The standard InChI is InChI=1S/C30H42N2O8/c1-18-26(38-17-20-8-9-20)21(13-15-37-16-19-6-7-19)4-3-5-23(30(35)39-18)32-28(33)25-27(24(36-2)12-14-31-25)40-29(34)22-10-11-22/h12,14,18-23,26H,3-11,13,15-17H2,1-2H3,(H,32,33). The molecule has 1 aromatic rings. The number of esters is 2. The minimum absolute atomic E-state index is 0.0380. The Balaban J connectivity index is 1.25. The number of nitrogens with zero attached hydrogens (tertiary/aromatic N) is 1. The molecule has 0 bridgehead atoms. The van der Waals surface area contributed by atoms with E-state index in [1.165, 1.54) is 45.1 Å². The summed E-state index contributed by atoms with van der Waals surface area (Å²) in [5.74, 6) is -0.0515. The molecule has 1 N–H and O–H groups in total. The lowest BCUT2D eigenvalue weighted by Gasteiger charge is -2.31. The van der Waals surface area contributed by atoms with Crippen LogP contribution in [0.2, 0.25) is 0 Å². The van der Waals surface area contributed by atoms with Gasteiger partial charge in [-0.15, -0.1) is 0 Å². The van der Waals surface area contributed by atoms with E-state index in [9.17, 15) is 14.4 Å². The van der Waals surface area contributed by atoms with E-state index in [0.717, 1.165) is 32.3 Å². The molecule has 5 rings (SSSR count). The normalized spacial score (nSPS) is 27.1. The van der Waals surface area contributed by atoms with Crippen molar-refractivity contribution in [2.45, 2.75) is 89.4 Å². The first kappa shape index (κ1) is 28.8. The molecule has 2 heterocycles. The zero-order chi connectivity index (χ0) is 28.1. The van der Waals surface area contributed by atoms with E-state index in [0.29, 0.717) is 37.9 Å². The van der Waals surface area contributed by atoms with Crippen LogP contribution in [0.4, 0.5) is 0 Å². The molecule has 4 atom stereocenters. The second-order valence-electron chi connectivity index (χ2n) is 11.8. The second-order valence-corrected chi connectivity index (χ2v) is 11.8. The highest BCUT2D eigenvalue weighted by atomic mass is 16.6. The quantitative estimate of drug-likeness (QED) is 0.284. The average Bonchev–Trinajstić information content (AvgIpc) is 3.79. The van der Waals surface area contributed by atoms with Crippen LogP contribution in [0.1, 0.15) is 81.6 Å². The Hall–Kier alpha value is -2.72. The third-order valence-corrected chi connectivity index (χ3v) is 8.21. The summed E-state index contributed by atoms with van der Waals surface area (Å²) < 4.78 is 29.0. The van der Waals surface area contributed by atoms with Crippen LogP contribution < -0.4 is 14.8 Å². The number of carbonyl (C=O) groups excluding carboxylic acids is 3. The third-order valence-electron chi connectivity index (χ3n) is 8.21. The summed E-state index contributed by atoms with van der Waals surface area (Å²) in [7, 11) is 1.43. The lowest BCUT2D eigenvalue weighted by atomic mass is 9.89. The summed E-state index contributed by atoms with van der Waals surface area (Å²) >= 11 is 0. The number of carbonyl (C=O) groups is 3. The smallest absolute Gasteiger partial charge is 0.329 e. The molecule has 3 saturated carbocycles. The molecule has 4 aliphatic rings. The maximum Gasteiger partial charge on any atom is 0.329 e. The summed E-state index contributed by atoms with van der Waals surface area (Å²) in [6, 6.07) is 0.655. The van der Waals surface area contributed by atoms with Crippen molar-refractivity contribution in [2.24, 2.45) is 23.7 Å². The SMILES string of the molecule is COc1ccnc(C(=O)NC2CCCC(CCOCC3CC3)C(OCC3CC3)C(C)OC2=O)c1OC(=O)C1CC1. The molecular formula is C30H42N2O8. The number of methoxy groups -OCH3 is 1. The van der Waals surface area contributed by atoms with Crippen molar-refractivity contribution < 1.29 is 38.1 Å². The minimum atomic E-state index is -0.871. The predicted molar refractivity (Wildman–Crippen MR) is 144 cm³/mol. The minimum Gasteiger partial charge on any atom is -0.493 e. The predicted octanol–water partition coefficient (Wildman–Crippen LogP) is 3.85. The first-order valence-corrected chi connectivity index (χ1v) is 14.9. The number of cyclic esters (lactones) is 1. The van der Waals surface area contributed by atoms with Gasteiger partial charge in [0.05, 0.1) is 19.1 Å². The molecule has 0 aromatic carbocycles. The van der Waals surface area contributed by atoms with Gasteiger partial charge in [0.15, 0.2) is 11.4 Å². The maximum absolute atomic E-state index is 13.4. The Bertz CT molecular complexity index is 1050. The lowest BCUT2D eigenvalue weighted by molar-refractivity contribution is -0.161. The molecule has 3 aliphatic carbocycles. The van der Waals surface area contributed by atoms with Crippen LogP contribution >= 0.6 is 0 Å². The van der Waals surface area contributed by atoms with Crippen molar-refractivity contribution in [3.8, 4) is 11.5 Å². The van der Waals surface area contributed by atoms with E-state index in [-0.39, 0.29) is 35.1 Å². The fraction of sp³-hybridized carbons (Fsp3) is 0.733. The Morgan fingerprint density at radius 1 is 1.05 bits per heavy atom. The fourth-order valence-corrected chi connectivity index (χ4v) is 5.18. The van der Waals surface area contributed by atoms with Crippen LogP contribution in [0.3, 0.4) is 0 Å². The molecule has 1 amide bonds. The van der Waals surface area contributed by atoms with Gasteiger partial charge in [-0.1, -0.05) is 6.42 Å². The Morgan fingerprint density at radius 3 is 2.50 bits per heavy atom. The lowest BCUT2D eigenvalue weighted by Crippen LogP contribution is -2.44. The highest BCUT2D eigenvalue weighted by molar-refractivity contribution is 5.99. The highest BCUT2D eigenvalue weighted by Crippen LogP contribution is 2.36. The van der Waals surface area contributed by atoms with Gasteiger partial charge in [0.25, 0.3) is 5.91 Å². The van der Waals surface area contributed by atoms with Crippen molar-refractivity contribution in [1.29, 1.82) is 0 Å². The number of rotatable bonds is 13. The van der Waals surface area contributed by atoms with Crippen molar-refractivity contribution in [3.05, 3.63) is 18.0 Å². The topological polar surface area (TPSA) is 122 Å². The molecule has 10 nitrogen and oxygen atoms in total. The van der Waals surface area contributed by atoms with Gasteiger partial charge >= 0.3 is 11.9 Å². The second kappa shape index (κ2) is 13.3. The number of nitrogens with one attached hydrogen (secondary N) is 1. The average molecular weight is 559 g/mol. The van der Waals surface area contributed by atoms with E-state index in [4.69, 9.17) is 23.7 Å². The van der Waals surface area contributed by atoms with E-state index >= 15 is 0 Å². The van der Waals surface area contributed by atoms with Gasteiger partial charge in [0.2, 0.25) is 5.75 Å². The number of ether oxygens (including phenoxy) is 5. The zero-order valence-electron chi connectivity index (χ0n) is 23.6. The van der Waals surface area contributed by atoms with Gasteiger partial charge in [-0.25, -0.2) is 9.78 Å². The Morgan fingerprint density at radius 2 is 1.80 bits per heavy atom. The van der Waals surface area contributed by atoms with Crippen molar-refractivity contribution in [1.82, 2.24) is 10.3 Å². The van der Waals surface area contributed by atoms with E-state index in [2.05, 4.69) is 10.3 Å². The monoisotopic (exact) mass is 558 g/mol. The van der Waals surface area contributed by atoms with Crippen molar-refractivity contribution in [2.75, 3.05) is 26.9 Å². The first-order valence-electron chi connectivity index (χ1n) is 14.9. The first-order chi connectivity index (χ1) is 19.4. The number of hydrogen-bond acceptors (Lipinski definition) is 9. The Labute approximate surface area is 235 Å². The highest BCUT2D eigenvalue weighted by Gasteiger charge is 2.37. The molecule has 4 unspecified atom stereocenters. The van der Waals surface area contributed by atoms with Crippen molar-refractivity contribution in [3.63, 3.8) is 0 Å². The molecule has 1 saturated heterocycles. The van der Waals surface area contributed by atoms with Crippen LogP contribution in [0.15, 0.2) is 12.3 Å². The summed E-state index contributed by atoms with van der Waals surface area (Å²) in [6.45, 7) is 4.02. The van der Waals surface area contributed by atoms with Crippen LogP contribution in [0.5, 0.6) is 11.5 Å². The molecule has 10 heteroatoms. The van der Waals surface area contributed by atoms with Gasteiger partial charge in [-0.05, 0) is 82.5 Å². The summed E-state index contributed by atoms with van der Waals surface area (Å²) in [6.07, 6.45) is 9.89. The summed E-state index contributed by atoms with van der Waals surface area (Å²) in [5.41, 5.74) is -0.106. The van der Waals surface area contributed by atoms with Gasteiger partial charge in [0.1, 0.15) is 12.1 Å². The van der Waals surface area contributed by atoms with Gasteiger partial charge in [0, 0.05) is 32.1 Å². The van der Waals surface area contributed by atoms with Gasteiger partial charge in [-0.3, -0.25) is 9.59 Å². The molecular weight excluding hydrogens is 516 g/mol. The summed E-state index contributed by atoms with van der Waals surface area (Å²) in [5, 5.41) is 2.78. The van der Waals surface area contributed by atoms with Crippen molar-refractivity contribution >= 4 is 17.8 Å². The number of amides is 1. The maximum atomic E-state index is 13.4. The number of aromatic nitrogens is 1. The molecule has 1 aliphatic heterocycles. The van der Waals surface area contributed by atoms with Crippen LogP contribution in [0, 0.1) is 23.7 Å². The largest absolute Gasteiger partial charge is 0.493 e. The van der Waals surface area contributed by atoms with E-state index in [1.807, 2.05) is 6.92 Å². The Kier molecular flexibility index (Phi) is 9.57. The fourth-order valence-electron chi connectivity index (χ4n) is 5.18.